The molecule has 0 spiro atoms. The molecule has 1 aromatic carbocycles. The highest BCUT2D eigenvalue weighted by molar-refractivity contribution is 14.1. The van der Waals surface area contributed by atoms with Crippen molar-refractivity contribution >= 4 is 40.1 Å². The molecular formula is C10H8ClF3INO2. The van der Waals surface area contributed by atoms with Crippen molar-refractivity contribution in [3.8, 4) is 5.75 Å². The van der Waals surface area contributed by atoms with Crippen LogP contribution in [0, 0.1) is 3.57 Å². The van der Waals surface area contributed by atoms with Gasteiger partial charge in [-0.15, -0.1) is 0 Å². The Morgan fingerprint density at radius 3 is 2.61 bits per heavy atom. The van der Waals surface area contributed by atoms with E-state index in [-0.39, 0.29) is 16.3 Å². The minimum Gasteiger partial charge on any atom is -0.496 e. The zero-order chi connectivity index (χ0) is 13.9. The van der Waals surface area contributed by atoms with Crippen LogP contribution in [-0.2, 0) is 0 Å². The van der Waals surface area contributed by atoms with Gasteiger partial charge in [0, 0.05) is 3.57 Å². The van der Waals surface area contributed by atoms with Crippen LogP contribution in [-0.4, -0.2) is 25.7 Å². The molecule has 0 radical (unpaired) electrons. The summed E-state index contributed by atoms with van der Waals surface area (Å²) in [6.45, 7) is -1.40. The van der Waals surface area contributed by atoms with Crippen LogP contribution in [0.3, 0.4) is 0 Å². The molecule has 1 rings (SSSR count). The lowest BCUT2D eigenvalue weighted by Crippen LogP contribution is -2.33. The summed E-state index contributed by atoms with van der Waals surface area (Å²) in [6.07, 6.45) is -4.46. The Balaban J connectivity index is 2.95. The molecular weight excluding hydrogens is 385 g/mol. The average molecular weight is 394 g/mol. The Morgan fingerprint density at radius 1 is 1.50 bits per heavy atom. The molecule has 0 saturated heterocycles. The van der Waals surface area contributed by atoms with Gasteiger partial charge in [0.15, 0.2) is 0 Å². The molecule has 1 N–H and O–H groups in total. The topological polar surface area (TPSA) is 38.3 Å². The fourth-order valence-corrected chi connectivity index (χ4v) is 1.75. The second-order valence-corrected chi connectivity index (χ2v) is 4.83. The van der Waals surface area contributed by atoms with Gasteiger partial charge >= 0.3 is 6.18 Å². The number of hydrogen-bond donors (Lipinski definition) is 1. The molecule has 0 bridgehead atoms. The van der Waals surface area contributed by atoms with Crippen molar-refractivity contribution < 1.29 is 22.7 Å². The summed E-state index contributed by atoms with van der Waals surface area (Å²) in [7, 11) is 1.32. The first kappa shape index (κ1) is 15.4. The maximum atomic E-state index is 12.0. The van der Waals surface area contributed by atoms with Crippen LogP contribution in [0.25, 0.3) is 0 Å². The molecule has 0 aliphatic rings. The largest absolute Gasteiger partial charge is 0.496 e. The van der Waals surface area contributed by atoms with E-state index in [9.17, 15) is 18.0 Å². The lowest BCUT2D eigenvalue weighted by Gasteiger charge is -2.12. The molecule has 0 heterocycles. The van der Waals surface area contributed by atoms with Gasteiger partial charge in [-0.05, 0) is 34.7 Å². The number of benzene rings is 1. The van der Waals surface area contributed by atoms with Crippen LogP contribution < -0.4 is 10.1 Å². The van der Waals surface area contributed by atoms with E-state index in [1.54, 1.807) is 5.32 Å². The van der Waals surface area contributed by atoms with Crippen molar-refractivity contribution in [1.29, 1.82) is 0 Å². The zero-order valence-corrected chi connectivity index (χ0v) is 12.0. The van der Waals surface area contributed by atoms with Crippen LogP contribution in [0.5, 0.6) is 5.75 Å². The molecule has 1 aromatic rings. The van der Waals surface area contributed by atoms with Gasteiger partial charge in [0.25, 0.3) is 5.91 Å². The van der Waals surface area contributed by atoms with Crippen molar-refractivity contribution in [3.05, 3.63) is 26.3 Å². The van der Waals surface area contributed by atoms with Crippen LogP contribution >= 0.6 is 34.2 Å². The van der Waals surface area contributed by atoms with Gasteiger partial charge in [0.05, 0.1) is 17.7 Å². The molecule has 18 heavy (non-hydrogen) atoms. The highest BCUT2D eigenvalue weighted by atomic mass is 127. The minimum absolute atomic E-state index is 0.0350. The van der Waals surface area contributed by atoms with E-state index in [1.807, 2.05) is 22.6 Å². The molecule has 0 fully saturated rings. The van der Waals surface area contributed by atoms with E-state index in [0.29, 0.717) is 3.57 Å². The van der Waals surface area contributed by atoms with E-state index in [4.69, 9.17) is 16.3 Å². The highest BCUT2D eigenvalue weighted by Gasteiger charge is 2.28. The van der Waals surface area contributed by atoms with Crippen LogP contribution in [0.1, 0.15) is 10.4 Å². The summed E-state index contributed by atoms with van der Waals surface area (Å²) in [4.78, 5) is 11.6. The molecule has 1 amide bonds. The summed E-state index contributed by atoms with van der Waals surface area (Å²) in [5.74, 6) is -0.717. The summed E-state index contributed by atoms with van der Waals surface area (Å²) in [5, 5.41) is 2.03. The molecule has 100 valence electrons. The van der Waals surface area contributed by atoms with Crippen LogP contribution in [0.2, 0.25) is 5.02 Å². The Morgan fingerprint density at radius 2 is 2.11 bits per heavy atom. The monoisotopic (exact) mass is 393 g/mol. The smallest absolute Gasteiger partial charge is 0.405 e. The summed E-state index contributed by atoms with van der Waals surface area (Å²) in [5.41, 5.74) is -0.0350. The quantitative estimate of drug-likeness (QED) is 0.801. The standard InChI is InChI=1S/C10H8ClF3INO2/c1-18-8-3-7(15)6(11)2-5(8)9(17)16-4-10(12,13)14/h2-3H,4H2,1H3,(H,16,17). The number of hydrogen-bond acceptors (Lipinski definition) is 2. The fourth-order valence-electron chi connectivity index (χ4n) is 1.15. The number of carbonyl (C=O) groups is 1. The van der Waals surface area contributed by atoms with E-state index in [2.05, 4.69) is 0 Å². The van der Waals surface area contributed by atoms with Gasteiger partial charge in [-0.25, -0.2) is 0 Å². The Kier molecular flexibility index (Phi) is 5.09. The molecule has 0 aromatic heterocycles. The van der Waals surface area contributed by atoms with E-state index >= 15 is 0 Å². The summed E-state index contributed by atoms with van der Waals surface area (Å²) >= 11 is 7.74. The van der Waals surface area contributed by atoms with Crippen molar-refractivity contribution in [2.45, 2.75) is 6.18 Å². The number of amides is 1. The number of alkyl halides is 3. The number of halogens is 5. The van der Waals surface area contributed by atoms with Gasteiger partial charge in [-0.1, -0.05) is 11.6 Å². The van der Waals surface area contributed by atoms with Gasteiger partial charge < -0.3 is 10.1 Å². The van der Waals surface area contributed by atoms with Crippen LogP contribution in [0.15, 0.2) is 12.1 Å². The van der Waals surface area contributed by atoms with E-state index in [0.717, 1.165) is 0 Å². The minimum atomic E-state index is -4.46. The summed E-state index contributed by atoms with van der Waals surface area (Å²) in [6, 6.07) is 2.75. The molecule has 0 unspecified atom stereocenters. The Bertz CT molecular complexity index is 465. The van der Waals surface area contributed by atoms with Crippen LogP contribution in [0.4, 0.5) is 13.2 Å². The Hall–Kier alpha value is -0.700. The van der Waals surface area contributed by atoms with Crippen molar-refractivity contribution in [3.63, 3.8) is 0 Å². The molecule has 0 aliphatic heterocycles. The van der Waals surface area contributed by atoms with Crippen molar-refractivity contribution in [2.24, 2.45) is 0 Å². The molecule has 8 heteroatoms. The lowest BCUT2D eigenvalue weighted by molar-refractivity contribution is -0.123. The van der Waals surface area contributed by atoms with Gasteiger partial charge in [0.1, 0.15) is 12.3 Å². The number of nitrogens with one attached hydrogen (secondary N) is 1. The maximum absolute atomic E-state index is 12.0. The average Bonchev–Trinajstić information content (AvgIpc) is 2.28. The van der Waals surface area contributed by atoms with Crippen molar-refractivity contribution in [1.82, 2.24) is 5.32 Å². The fraction of sp³-hybridized carbons (Fsp3) is 0.300. The number of ether oxygens (including phenoxy) is 1. The van der Waals surface area contributed by atoms with E-state index < -0.39 is 18.6 Å². The van der Waals surface area contributed by atoms with Crippen molar-refractivity contribution in [2.75, 3.05) is 13.7 Å². The van der Waals surface area contributed by atoms with Gasteiger partial charge in [0.2, 0.25) is 0 Å². The molecule has 0 atom stereocenters. The number of rotatable bonds is 3. The molecule has 0 aliphatic carbocycles. The number of carbonyl (C=O) groups excluding carboxylic acids is 1. The first-order valence-electron chi connectivity index (χ1n) is 4.62. The second kappa shape index (κ2) is 5.96. The predicted molar refractivity (Wildman–Crippen MR) is 69.1 cm³/mol. The third kappa shape index (κ3) is 4.20. The second-order valence-electron chi connectivity index (χ2n) is 3.26. The van der Waals surface area contributed by atoms with Gasteiger partial charge in [-0.2, -0.15) is 13.2 Å². The normalized spacial score (nSPS) is 11.2. The number of methoxy groups -OCH3 is 1. The highest BCUT2D eigenvalue weighted by Crippen LogP contribution is 2.28. The third-order valence-corrected chi connectivity index (χ3v) is 3.46. The first-order chi connectivity index (χ1) is 8.24. The SMILES string of the molecule is COc1cc(I)c(Cl)cc1C(=O)NCC(F)(F)F. The predicted octanol–water partition coefficient (Wildman–Crippen LogP) is 3.25. The third-order valence-electron chi connectivity index (χ3n) is 1.94. The lowest BCUT2D eigenvalue weighted by atomic mass is 10.2. The molecule has 3 nitrogen and oxygen atoms in total. The molecule has 0 saturated carbocycles. The zero-order valence-electron chi connectivity index (χ0n) is 9.07. The first-order valence-corrected chi connectivity index (χ1v) is 6.08. The summed E-state index contributed by atoms with van der Waals surface area (Å²) < 4.78 is 41.5. The Labute approximate surface area is 120 Å². The maximum Gasteiger partial charge on any atom is 0.405 e. The van der Waals surface area contributed by atoms with Gasteiger partial charge in [-0.3, -0.25) is 4.79 Å². The van der Waals surface area contributed by atoms with E-state index in [1.165, 1.54) is 19.2 Å².